The van der Waals surface area contributed by atoms with Crippen LogP contribution in [0.3, 0.4) is 0 Å². The summed E-state index contributed by atoms with van der Waals surface area (Å²) in [5, 5.41) is 0.664. The first-order chi connectivity index (χ1) is 9.76. The first-order valence-corrected chi connectivity index (χ1v) is 7.39. The van der Waals surface area contributed by atoms with Crippen molar-refractivity contribution in [2.75, 3.05) is 6.61 Å². The minimum Gasteiger partial charge on any atom is -0.489 e. The lowest BCUT2D eigenvalue weighted by Gasteiger charge is -2.14. The Morgan fingerprint density at radius 3 is 2.85 bits per heavy atom. The first kappa shape index (κ1) is 13.6. The minimum atomic E-state index is 0.0475. The molecule has 2 nitrogen and oxygen atoms in total. The van der Waals surface area contributed by atoms with E-state index in [1.54, 1.807) is 6.07 Å². The van der Waals surface area contributed by atoms with Crippen molar-refractivity contribution in [1.82, 2.24) is 0 Å². The molecule has 0 spiro atoms. The molecule has 1 unspecified atom stereocenters. The van der Waals surface area contributed by atoms with Crippen LogP contribution in [0.15, 0.2) is 42.5 Å². The van der Waals surface area contributed by atoms with Gasteiger partial charge in [0.15, 0.2) is 0 Å². The van der Waals surface area contributed by atoms with Crippen molar-refractivity contribution >= 4 is 23.2 Å². The number of rotatable bonds is 4. The highest BCUT2D eigenvalue weighted by atomic mass is 35.5. The molecule has 2 aromatic rings. The van der Waals surface area contributed by atoms with Gasteiger partial charge in [0, 0.05) is 17.0 Å². The van der Waals surface area contributed by atoms with E-state index in [1.807, 2.05) is 30.3 Å². The molecular formula is C16H14Cl2O2. The molecule has 0 aromatic heterocycles. The summed E-state index contributed by atoms with van der Waals surface area (Å²) in [7, 11) is 0. The van der Waals surface area contributed by atoms with Crippen molar-refractivity contribution in [1.29, 1.82) is 0 Å². The topological polar surface area (TPSA) is 18.5 Å². The Morgan fingerprint density at radius 2 is 2.05 bits per heavy atom. The van der Waals surface area contributed by atoms with Gasteiger partial charge in [-0.15, -0.1) is 11.6 Å². The van der Waals surface area contributed by atoms with Gasteiger partial charge in [-0.2, -0.15) is 0 Å². The van der Waals surface area contributed by atoms with Gasteiger partial charge in [-0.05, 0) is 29.8 Å². The average Bonchev–Trinajstić information content (AvgIpc) is 2.88. The van der Waals surface area contributed by atoms with Crippen LogP contribution in [0.4, 0.5) is 0 Å². The predicted molar refractivity (Wildman–Crippen MR) is 81.1 cm³/mol. The van der Waals surface area contributed by atoms with Crippen LogP contribution in [0.25, 0.3) is 0 Å². The third kappa shape index (κ3) is 2.87. The standard InChI is InChI=1S/C16H14Cl2O2/c17-9-12-7-13(18)5-6-15(12)19-10-14-8-11-3-1-2-4-16(11)20-14/h1-7,14H,8-10H2. The number of hydrogen-bond donors (Lipinski definition) is 0. The monoisotopic (exact) mass is 308 g/mol. The fourth-order valence-corrected chi connectivity index (χ4v) is 2.73. The Hall–Kier alpha value is -1.38. The fourth-order valence-electron chi connectivity index (χ4n) is 2.32. The molecule has 0 saturated carbocycles. The van der Waals surface area contributed by atoms with E-state index >= 15 is 0 Å². The van der Waals surface area contributed by atoms with E-state index in [9.17, 15) is 0 Å². The molecule has 1 aliphatic rings. The van der Waals surface area contributed by atoms with Crippen LogP contribution in [0.1, 0.15) is 11.1 Å². The van der Waals surface area contributed by atoms with Crippen molar-refractivity contribution in [3.05, 3.63) is 58.6 Å². The number of benzene rings is 2. The zero-order valence-corrected chi connectivity index (χ0v) is 12.3. The van der Waals surface area contributed by atoms with E-state index in [1.165, 1.54) is 5.56 Å². The Bertz CT molecular complexity index is 588. The minimum absolute atomic E-state index is 0.0475. The van der Waals surface area contributed by atoms with Gasteiger partial charge in [-0.1, -0.05) is 29.8 Å². The quantitative estimate of drug-likeness (QED) is 0.776. The van der Waals surface area contributed by atoms with Gasteiger partial charge in [-0.3, -0.25) is 0 Å². The molecule has 1 aliphatic heterocycles. The third-order valence-electron chi connectivity index (χ3n) is 3.31. The number of hydrogen-bond acceptors (Lipinski definition) is 2. The van der Waals surface area contributed by atoms with Gasteiger partial charge in [0.25, 0.3) is 0 Å². The van der Waals surface area contributed by atoms with Gasteiger partial charge in [-0.25, -0.2) is 0 Å². The predicted octanol–water partition coefficient (Wildman–Crippen LogP) is 4.46. The lowest BCUT2D eigenvalue weighted by atomic mass is 10.1. The maximum atomic E-state index is 5.94. The van der Waals surface area contributed by atoms with Crippen LogP contribution in [0.5, 0.6) is 11.5 Å². The smallest absolute Gasteiger partial charge is 0.137 e. The Morgan fingerprint density at radius 1 is 1.20 bits per heavy atom. The van der Waals surface area contributed by atoms with Crippen molar-refractivity contribution in [2.45, 2.75) is 18.4 Å². The molecule has 0 amide bonds. The van der Waals surface area contributed by atoms with Gasteiger partial charge in [0.1, 0.15) is 24.2 Å². The second-order valence-electron chi connectivity index (χ2n) is 4.75. The lowest BCUT2D eigenvalue weighted by molar-refractivity contribution is 0.148. The normalized spacial score (nSPS) is 16.6. The summed E-state index contributed by atoms with van der Waals surface area (Å²) in [6.07, 6.45) is 0.922. The number of alkyl halides is 1. The Labute approximate surface area is 128 Å². The summed E-state index contributed by atoms with van der Waals surface area (Å²) in [6, 6.07) is 13.6. The Balaban J connectivity index is 1.64. The number of fused-ring (bicyclic) bond motifs is 1. The highest BCUT2D eigenvalue weighted by molar-refractivity contribution is 6.30. The number of ether oxygens (including phenoxy) is 2. The molecule has 0 aliphatic carbocycles. The van der Waals surface area contributed by atoms with Crippen LogP contribution in [-0.4, -0.2) is 12.7 Å². The zero-order valence-electron chi connectivity index (χ0n) is 10.8. The molecule has 0 saturated heterocycles. The van der Waals surface area contributed by atoms with Crippen LogP contribution in [-0.2, 0) is 12.3 Å². The van der Waals surface area contributed by atoms with E-state index in [-0.39, 0.29) is 6.10 Å². The summed E-state index contributed by atoms with van der Waals surface area (Å²) in [5.74, 6) is 2.10. The summed E-state index contributed by atoms with van der Waals surface area (Å²) in [5.41, 5.74) is 2.13. The van der Waals surface area contributed by atoms with E-state index < -0.39 is 0 Å². The number of para-hydroxylation sites is 1. The van der Waals surface area contributed by atoms with Crippen molar-refractivity contribution in [2.24, 2.45) is 0 Å². The van der Waals surface area contributed by atoms with Gasteiger partial charge < -0.3 is 9.47 Å². The Kier molecular flexibility index (Phi) is 4.04. The number of halogens is 2. The van der Waals surface area contributed by atoms with Crippen molar-refractivity contribution < 1.29 is 9.47 Å². The third-order valence-corrected chi connectivity index (χ3v) is 3.83. The summed E-state index contributed by atoms with van der Waals surface area (Å²) in [4.78, 5) is 0. The lowest BCUT2D eigenvalue weighted by Crippen LogP contribution is -2.22. The van der Waals surface area contributed by atoms with E-state index in [0.29, 0.717) is 17.5 Å². The maximum absolute atomic E-state index is 5.94. The van der Waals surface area contributed by atoms with Crippen LogP contribution < -0.4 is 9.47 Å². The second-order valence-corrected chi connectivity index (χ2v) is 5.45. The van der Waals surface area contributed by atoms with Crippen LogP contribution in [0.2, 0.25) is 5.02 Å². The summed E-state index contributed by atoms with van der Waals surface area (Å²) >= 11 is 11.8. The molecule has 0 fully saturated rings. The molecule has 0 radical (unpaired) electrons. The summed E-state index contributed by atoms with van der Waals surface area (Å²) in [6.45, 7) is 0.500. The van der Waals surface area contributed by atoms with E-state index in [0.717, 1.165) is 23.5 Å². The maximum Gasteiger partial charge on any atom is 0.137 e. The van der Waals surface area contributed by atoms with Crippen molar-refractivity contribution in [3.8, 4) is 11.5 Å². The second kappa shape index (κ2) is 5.94. The molecule has 20 heavy (non-hydrogen) atoms. The highest BCUT2D eigenvalue weighted by Crippen LogP contribution is 2.29. The molecule has 0 N–H and O–H groups in total. The van der Waals surface area contributed by atoms with E-state index in [2.05, 4.69) is 6.07 Å². The molecule has 104 valence electrons. The van der Waals surface area contributed by atoms with E-state index in [4.69, 9.17) is 32.7 Å². The highest BCUT2D eigenvalue weighted by Gasteiger charge is 2.23. The molecule has 1 heterocycles. The molecule has 0 bridgehead atoms. The SMILES string of the molecule is ClCc1cc(Cl)ccc1OCC1Cc2ccccc2O1. The average molecular weight is 309 g/mol. The van der Waals surface area contributed by atoms with Gasteiger partial charge >= 0.3 is 0 Å². The molecule has 2 aromatic carbocycles. The molecule has 1 atom stereocenters. The zero-order chi connectivity index (χ0) is 13.9. The van der Waals surface area contributed by atoms with Crippen LogP contribution >= 0.6 is 23.2 Å². The molecular weight excluding hydrogens is 295 g/mol. The van der Waals surface area contributed by atoms with Crippen molar-refractivity contribution in [3.63, 3.8) is 0 Å². The fraction of sp³-hybridized carbons (Fsp3) is 0.250. The summed E-state index contributed by atoms with van der Waals surface area (Å²) < 4.78 is 11.7. The molecule has 3 rings (SSSR count). The molecule has 4 heteroatoms. The van der Waals surface area contributed by atoms with Gasteiger partial charge in [0.2, 0.25) is 0 Å². The first-order valence-electron chi connectivity index (χ1n) is 6.48. The van der Waals surface area contributed by atoms with Crippen LogP contribution in [0, 0.1) is 0 Å². The van der Waals surface area contributed by atoms with Gasteiger partial charge in [0.05, 0.1) is 5.88 Å². The largest absolute Gasteiger partial charge is 0.489 e.